The molecule has 180 valence electrons. The van der Waals surface area contributed by atoms with Crippen molar-refractivity contribution in [2.45, 2.75) is 44.6 Å². The molecule has 1 aliphatic rings. The fourth-order valence-corrected chi connectivity index (χ4v) is 4.49. The van der Waals surface area contributed by atoms with Crippen LogP contribution in [0.15, 0.2) is 51.3 Å². The van der Waals surface area contributed by atoms with Crippen LogP contribution in [0.4, 0.5) is 11.5 Å². The van der Waals surface area contributed by atoms with Crippen molar-refractivity contribution in [2.24, 2.45) is 21.6 Å². The Morgan fingerprint density at radius 3 is 3.00 bits per heavy atom. The van der Waals surface area contributed by atoms with E-state index in [1.54, 1.807) is 19.5 Å². The van der Waals surface area contributed by atoms with E-state index in [1.807, 2.05) is 35.0 Å². The Morgan fingerprint density at radius 1 is 1.37 bits per heavy atom. The average molecular weight is 473 g/mol. The Bertz CT molecular complexity index is 1380. The molecule has 0 bridgehead atoms. The third-order valence-electron chi connectivity index (χ3n) is 6.14. The zero-order chi connectivity index (χ0) is 24.8. The second kappa shape index (κ2) is 10.8. The maximum Gasteiger partial charge on any atom is 0.261 e. The van der Waals surface area contributed by atoms with Crippen LogP contribution in [0.25, 0.3) is 10.9 Å². The topological polar surface area (TPSA) is 154 Å². The molecule has 0 aliphatic heterocycles. The molecule has 0 radical (unpaired) electrons. The number of amidine groups is 1. The molecule has 0 spiro atoms. The number of amides is 1. The summed E-state index contributed by atoms with van der Waals surface area (Å²) in [5.74, 6) is 0.123. The van der Waals surface area contributed by atoms with E-state index >= 15 is 0 Å². The Labute approximate surface area is 202 Å². The largest absolute Gasteiger partial charge is 0.387 e. The maximum atomic E-state index is 12.7. The highest BCUT2D eigenvalue weighted by Crippen LogP contribution is 2.36. The van der Waals surface area contributed by atoms with Crippen LogP contribution >= 0.6 is 0 Å². The number of anilines is 2. The average Bonchev–Trinajstić information content (AvgIpc) is 3.22. The van der Waals surface area contributed by atoms with Crippen molar-refractivity contribution in [3.8, 4) is 6.07 Å². The van der Waals surface area contributed by atoms with Crippen LogP contribution in [0.2, 0.25) is 0 Å². The van der Waals surface area contributed by atoms with Gasteiger partial charge in [-0.3, -0.25) is 14.3 Å². The van der Waals surface area contributed by atoms with Crippen LogP contribution in [0.3, 0.4) is 0 Å². The van der Waals surface area contributed by atoms with Gasteiger partial charge in [0.05, 0.1) is 30.0 Å². The molecule has 1 aromatic carbocycles. The number of hydrogen-bond donors (Lipinski definition) is 3. The lowest BCUT2D eigenvalue weighted by atomic mass is 9.85. The number of carbonyl (C=O) groups is 1. The fraction of sp³-hybridized carbons (Fsp3) is 0.360. The van der Waals surface area contributed by atoms with E-state index in [2.05, 4.69) is 26.4 Å². The first-order valence-corrected chi connectivity index (χ1v) is 11.6. The SMILES string of the molecule is CN=CCC(N)=NC(=O)Cc1cccc(Nc2nn(C3CCCCC3C#N)c3cc[nH]c(=O)c23)c1. The zero-order valence-electron chi connectivity index (χ0n) is 19.6. The van der Waals surface area contributed by atoms with E-state index in [0.717, 1.165) is 31.2 Å². The number of rotatable bonds is 7. The molecule has 1 aliphatic carbocycles. The van der Waals surface area contributed by atoms with Crippen molar-refractivity contribution in [1.29, 1.82) is 5.26 Å². The third-order valence-corrected chi connectivity index (χ3v) is 6.14. The number of fused-ring (bicyclic) bond motifs is 1. The summed E-state index contributed by atoms with van der Waals surface area (Å²) in [5, 5.41) is 18.1. The minimum atomic E-state index is -0.352. The number of nitrogens with zero attached hydrogens (tertiary/aromatic N) is 5. The second-order valence-electron chi connectivity index (χ2n) is 8.59. The summed E-state index contributed by atoms with van der Waals surface area (Å²) in [7, 11) is 1.63. The van der Waals surface area contributed by atoms with Crippen molar-refractivity contribution in [2.75, 3.05) is 12.4 Å². The number of carbonyl (C=O) groups excluding carboxylic acids is 1. The Kier molecular flexibility index (Phi) is 7.35. The molecule has 2 heterocycles. The van der Waals surface area contributed by atoms with Gasteiger partial charge in [-0.05, 0) is 36.6 Å². The maximum absolute atomic E-state index is 12.7. The highest BCUT2D eigenvalue weighted by Gasteiger charge is 2.29. The van der Waals surface area contributed by atoms with Crippen LogP contribution in [0, 0.1) is 17.2 Å². The van der Waals surface area contributed by atoms with E-state index in [4.69, 9.17) is 10.8 Å². The zero-order valence-corrected chi connectivity index (χ0v) is 19.6. The van der Waals surface area contributed by atoms with Crippen LogP contribution in [-0.2, 0) is 11.2 Å². The smallest absolute Gasteiger partial charge is 0.261 e. The molecule has 4 rings (SSSR count). The van der Waals surface area contributed by atoms with Gasteiger partial charge in [0.2, 0.25) is 0 Å². The molecule has 1 saturated carbocycles. The first kappa shape index (κ1) is 23.9. The summed E-state index contributed by atoms with van der Waals surface area (Å²) in [5.41, 5.74) is 7.62. The number of aliphatic imine (C=N–C) groups is 2. The van der Waals surface area contributed by atoms with Crippen molar-refractivity contribution in [3.63, 3.8) is 0 Å². The van der Waals surface area contributed by atoms with Gasteiger partial charge in [0.15, 0.2) is 5.82 Å². The molecule has 2 atom stereocenters. The number of aromatic nitrogens is 3. The number of nitriles is 1. The Balaban J connectivity index is 1.61. The molecule has 2 aromatic heterocycles. The standard InChI is InChI=1S/C25H28N8O2/c1-28-11-10-21(27)31-22(34)14-16-5-4-7-18(13-16)30-24-23-20(9-12-29-25(23)35)33(32-24)19-8-3-2-6-17(19)15-26/h4-5,7,9,11-13,17,19H,2-3,6,8,10,14H2,1H3,(H,29,35)(H,30,32)(H2,27,31,34). The number of nitrogens with two attached hydrogens (primary N) is 1. The normalized spacial score (nSPS) is 18.6. The van der Waals surface area contributed by atoms with Gasteiger partial charge in [-0.2, -0.15) is 10.4 Å². The van der Waals surface area contributed by atoms with Gasteiger partial charge in [-0.25, -0.2) is 4.99 Å². The Hall–Kier alpha value is -4.26. The van der Waals surface area contributed by atoms with Gasteiger partial charge >= 0.3 is 0 Å². The molecule has 10 nitrogen and oxygen atoms in total. The summed E-state index contributed by atoms with van der Waals surface area (Å²) < 4.78 is 1.82. The molecule has 4 N–H and O–H groups in total. The van der Waals surface area contributed by atoms with E-state index < -0.39 is 0 Å². The lowest BCUT2D eigenvalue weighted by Crippen LogP contribution is -2.23. The van der Waals surface area contributed by atoms with Crippen molar-refractivity contribution < 1.29 is 4.79 Å². The molecule has 1 amide bonds. The highest BCUT2D eigenvalue weighted by molar-refractivity contribution is 6.00. The monoisotopic (exact) mass is 472 g/mol. The molecule has 35 heavy (non-hydrogen) atoms. The predicted octanol–water partition coefficient (Wildman–Crippen LogP) is 3.24. The fourth-order valence-electron chi connectivity index (χ4n) is 4.49. The third kappa shape index (κ3) is 5.46. The highest BCUT2D eigenvalue weighted by atomic mass is 16.1. The van der Waals surface area contributed by atoms with Gasteiger partial charge in [0.1, 0.15) is 11.2 Å². The van der Waals surface area contributed by atoms with Gasteiger partial charge in [-0.15, -0.1) is 0 Å². The number of H-pyrrole nitrogens is 1. The first-order chi connectivity index (χ1) is 17.0. The lowest BCUT2D eigenvalue weighted by molar-refractivity contribution is -0.117. The van der Waals surface area contributed by atoms with Crippen LogP contribution in [0.1, 0.15) is 43.7 Å². The van der Waals surface area contributed by atoms with E-state index in [9.17, 15) is 14.9 Å². The van der Waals surface area contributed by atoms with Gasteiger partial charge < -0.3 is 21.0 Å². The van der Waals surface area contributed by atoms with Crippen LogP contribution < -0.4 is 16.6 Å². The first-order valence-electron chi connectivity index (χ1n) is 11.6. The number of aromatic amines is 1. The van der Waals surface area contributed by atoms with Crippen molar-refractivity contribution in [3.05, 3.63) is 52.4 Å². The lowest BCUT2D eigenvalue weighted by Gasteiger charge is -2.27. The molecule has 2 unspecified atom stereocenters. The summed E-state index contributed by atoms with van der Waals surface area (Å²) >= 11 is 0. The van der Waals surface area contributed by atoms with Crippen molar-refractivity contribution >= 4 is 40.4 Å². The van der Waals surface area contributed by atoms with Gasteiger partial charge in [0, 0.05) is 31.6 Å². The Morgan fingerprint density at radius 2 is 2.20 bits per heavy atom. The van der Waals surface area contributed by atoms with E-state index in [1.165, 1.54) is 0 Å². The molecule has 3 aromatic rings. The predicted molar refractivity (Wildman–Crippen MR) is 136 cm³/mol. The number of nitrogens with one attached hydrogen (secondary N) is 2. The minimum absolute atomic E-state index is 0.0845. The summed E-state index contributed by atoms with van der Waals surface area (Å²) in [6.07, 6.45) is 7.30. The van der Waals surface area contributed by atoms with E-state index in [0.29, 0.717) is 28.8 Å². The molecular weight excluding hydrogens is 444 g/mol. The molecular formula is C25H28N8O2. The quantitative estimate of drug-likeness (QED) is 0.354. The second-order valence-corrected chi connectivity index (χ2v) is 8.59. The van der Waals surface area contributed by atoms with Crippen LogP contribution in [0.5, 0.6) is 0 Å². The molecule has 10 heteroatoms. The van der Waals surface area contributed by atoms with E-state index in [-0.39, 0.29) is 35.7 Å². The summed E-state index contributed by atoms with van der Waals surface area (Å²) in [6, 6.07) is 11.4. The van der Waals surface area contributed by atoms with Gasteiger partial charge in [-0.1, -0.05) is 25.0 Å². The molecule has 0 saturated heterocycles. The number of hydrogen-bond acceptors (Lipinski definition) is 6. The van der Waals surface area contributed by atoms with Gasteiger partial charge in [0.25, 0.3) is 11.5 Å². The van der Waals surface area contributed by atoms with Crippen molar-refractivity contribution in [1.82, 2.24) is 14.8 Å². The summed E-state index contributed by atoms with van der Waals surface area (Å²) in [6.45, 7) is 0. The number of pyridine rings is 1. The number of benzene rings is 1. The minimum Gasteiger partial charge on any atom is -0.387 e. The van der Waals surface area contributed by atoms with Crippen LogP contribution in [-0.4, -0.2) is 39.8 Å². The summed E-state index contributed by atoms with van der Waals surface area (Å²) in [4.78, 5) is 35.5. The molecule has 1 fully saturated rings.